The van der Waals surface area contributed by atoms with Gasteiger partial charge in [0.05, 0.1) is 12.2 Å². The molecule has 4 bridgehead atoms. The minimum absolute atomic E-state index is 0.245. The highest BCUT2D eigenvalue weighted by Crippen LogP contribution is 2.60. The second-order valence-corrected chi connectivity index (χ2v) is 7.63. The molecule has 0 atom stereocenters. The van der Waals surface area contributed by atoms with E-state index in [9.17, 15) is 9.70 Å². The second-order valence-electron chi connectivity index (χ2n) is 7.63. The third kappa shape index (κ3) is 2.44. The normalized spacial score (nSPS) is 35.4. The lowest BCUT2D eigenvalue weighted by Crippen LogP contribution is -2.48. The molecule has 0 radical (unpaired) electrons. The van der Waals surface area contributed by atoms with Gasteiger partial charge in [-0.15, -0.1) is 4.91 Å². The quantitative estimate of drug-likeness (QED) is 0.609. The van der Waals surface area contributed by atoms with Crippen LogP contribution in [0.3, 0.4) is 0 Å². The van der Waals surface area contributed by atoms with Crippen LogP contribution in [-0.2, 0) is 4.74 Å². The van der Waals surface area contributed by atoms with Crippen molar-refractivity contribution in [3.8, 4) is 0 Å². The van der Waals surface area contributed by atoms with E-state index in [0.717, 1.165) is 17.8 Å². The van der Waals surface area contributed by atoms with Gasteiger partial charge in [0.2, 0.25) is 0 Å². The number of rotatable bonds is 4. The van der Waals surface area contributed by atoms with Crippen molar-refractivity contribution in [1.82, 2.24) is 0 Å². The molecular weight excluding hydrogens is 278 g/mol. The predicted octanol–water partition coefficient (Wildman–Crippen LogP) is 4.46. The lowest BCUT2D eigenvalue weighted by Gasteiger charge is -2.56. The van der Waals surface area contributed by atoms with Crippen LogP contribution in [0.15, 0.2) is 29.4 Å². The molecule has 4 nitrogen and oxygen atoms in total. The van der Waals surface area contributed by atoms with Gasteiger partial charge >= 0.3 is 5.97 Å². The monoisotopic (exact) mass is 299 g/mol. The minimum atomic E-state index is -0.284. The number of nitroso groups, excluding NO2 is 1. The van der Waals surface area contributed by atoms with Gasteiger partial charge in [0.1, 0.15) is 5.69 Å². The highest BCUT2D eigenvalue weighted by molar-refractivity contribution is 5.89. The van der Waals surface area contributed by atoms with Crippen LogP contribution >= 0.6 is 0 Å². The molecule has 0 amide bonds. The van der Waals surface area contributed by atoms with Gasteiger partial charge in [0, 0.05) is 5.41 Å². The van der Waals surface area contributed by atoms with Gasteiger partial charge in [0.15, 0.2) is 0 Å². The largest absolute Gasteiger partial charge is 0.462 e. The average Bonchev–Trinajstić information content (AvgIpc) is 2.51. The van der Waals surface area contributed by atoms with Crippen molar-refractivity contribution in [1.29, 1.82) is 0 Å². The van der Waals surface area contributed by atoms with Crippen molar-refractivity contribution in [2.75, 3.05) is 6.61 Å². The summed E-state index contributed by atoms with van der Waals surface area (Å²) in [5.41, 5.74) is 1.07. The lowest BCUT2D eigenvalue weighted by molar-refractivity contribution is -0.0848. The fourth-order valence-corrected chi connectivity index (χ4v) is 5.43. The number of carbonyl (C=O) groups is 1. The molecule has 0 aromatic heterocycles. The molecule has 116 valence electrons. The summed E-state index contributed by atoms with van der Waals surface area (Å²) in [7, 11) is 0. The molecule has 0 aliphatic heterocycles. The van der Waals surface area contributed by atoms with E-state index in [0.29, 0.717) is 17.9 Å². The Morgan fingerprint density at radius 2 is 1.59 bits per heavy atom. The van der Waals surface area contributed by atoms with Crippen LogP contribution in [-0.4, -0.2) is 12.6 Å². The SMILES string of the molecule is O=Nc1ccc(C(=O)OCC23CC4CC(CC(C4)C2)C3)cc1. The molecule has 22 heavy (non-hydrogen) atoms. The summed E-state index contributed by atoms with van der Waals surface area (Å²) < 4.78 is 5.64. The highest BCUT2D eigenvalue weighted by atomic mass is 16.5. The maximum atomic E-state index is 12.2. The summed E-state index contributed by atoms with van der Waals surface area (Å²) >= 11 is 0. The van der Waals surface area contributed by atoms with E-state index in [1.807, 2.05) is 0 Å². The summed E-state index contributed by atoms with van der Waals surface area (Å²) in [6.45, 7) is 0.559. The van der Waals surface area contributed by atoms with E-state index >= 15 is 0 Å². The summed E-state index contributed by atoms with van der Waals surface area (Å²) in [5, 5.41) is 2.84. The maximum absolute atomic E-state index is 12.2. The number of benzene rings is 1. The molecule has 0 saturated heterocycles. The van der Waals surface area contributed by atoms with Crippen LogP contribution in [0.1, 0.15) is 48.9 Å². The fourth-order valence-electron chi connectivity index (χ4n) is 5.43. The van der Waals surface area contributed by atoms with Crippen LogP contribution < -0.4 is 0 Å². The summed E-state index contributed by atoms with van der Waals surface area (Å²) in [6.07, 6.45) is 7.90. The average molecular weight is 299 g/mol. The molecule has 1 aromatic rings. The zero-order chi connectivity index (χ0) is 15.2. The molecule has 4 aliphatic rings. The summed E-state index contributed by atoms with van der Waals surface area (Å²) in [4.78, 5) is 22.6. The Labute approximate surface area is 130 Å². The van der Waals surface area contributed by atoms with Crippen molar-refractivity contribution in [2.45, 2.75) is 38.5 Å². The number of hydrogen-bond acceptors (Lipinski definition) is 4. The van der Waals surface area contributed by atoms with E-state index in [1.165, 1.54) is 38.5 Å². The van der Waals surface area contributed by atoms with E-state index < -0.39 is 0 Å². The minimum Gasteiger partial charge on any atom is -0.462 e. The Bertz CT molecular complexity index is 558. The van der Waals surface area contributed by atoms with Gasteiger partial charge in [-0.1, -0.05) is 0 Å². The zero-order valence-corrected chi connectivity index (χ0v) is 12.7. The lowest BCUT2D eigenvalue weighted by atomic mass is 9.50. The molecule has 4 heteroatoms. The van der Waals surface area contributed by atoms with E-state index in [2.05, 4.69) is 5.18 Å². The van der Waals surface area contributed by atoms with Crippen LogP contribution in [0.25, 0.3) is 0 Å². The Hall–Kier alpha value is -1.71. The molecule has 0 N–H and O–H groups in total. The first-order valence-corrected chi connectivity index (χ1v) is 8.26. The second kappa shape index (κ2) is 5.18. The zero-order valence-electron chi connectivity index (χ0n) is 12.7. The molecular formula is C18H21NO3. The standard InChI is InChI=1S/C18H21NO3/c20-17(15-1-3-16(19-21)4-2-15)22-11-18-8-12-5-13(9-18)7-14(6-12)10-18/h1-4,12-14H,5-11H2. The Balaban J connectivity index is 1.41. The van der Waals surface area contributed by atoms with Gasteiger partial charge in [-0.25, -0.2) is 4.79 Å². The van der Waals surface area contributed by atoms with Crippen molar-refractivity contribution in [2.24, 2.45) is 28.3 Å². The Kier molecular flexibility index (Phi) is 3.28. The van der Waals surface area contributed by atoms with E-state index in [4.69, 9.17) is 4.74 Å². The summed E-state index contributed by atoms with van der Waals surface area (Å²) in [5.74, 6) is 2.31. The van der Waals surface area contributed by atoms with E-state index in [1.54, 1.807) is 24.3 Å². The third-order valence-corrected chi connectivity index (χ3v) is 5.88. The smallest absolute Gasteiger partial charge is 0.338 e. The van der Waals surface area contributed by atoms with Crippen molar-refractivity contribution < 1.29 is 9.53 Å². The number of nitrogens with zero attached hydrogens (tertiary/aromatic N) is 1. The fraction of sp³-hybridized carbons (Fsp3) is 0.611. The number of ether oxygens (including phenoxy) is 1. The molecule has 1 aromatic carbocycles. The first-order valence-electron chi connectivity index (χ1n) is 8.26. The van der Waals surface area contributed by atoms with Crippen LogP contribution in [0.4, 0.5) is 5.69 Å². The maximum Gasteiger partial charge on any atom is 0.338 e. The van der Waals surface area contributed by atoms with Crippen molar-refractivity contribution in [3.05, 3.63) is 34.7 Å². The highest BCUT2D eigenvalue weighted by Gasteiger charge is 2.51. The third-order valence-electron chi connectivity index (χ3n) is 5.88. The van der Waals surface area contributed by atoms with Gasteiger partial charge in [-0.3, -0.25) is 0 Å². The number of esters is 1. The van der Waals surface area contributed by atoms with Gasteiger partial charge in [0.25, 0.3) is 0 Å². The molecule has 4 fully saturated rings. The Morgan fingerprint density at radius 3 is 2.09 bits per heavy atom. The molecule has 0 heterocycles. The van der Waals surface area contributed by atoms with Gasteiger partial charge in [-0.2, -0.15) is 0 Å². The van der Waals surface area contributed by atoms with Crippen molar-refractivity contribution >= 4 is 11.7 Å². The summed E-state index contributed by atoms with van der Waals surface area (Å²) in [6, 6.07) is 6.32. The molecule has 0 unspecified atom stereocenters. The molecule has 4 aliphatic carbocycles. The van der Waals surface area contributed by atoms with Crippen LogP contribution in [0, 0.1) is 28.1 Å². The molecule has 5 rings (SSSR count). The number of hydrogen-bond donors (Lipinski definition) is 0. The van der Waals surface area contributed by atoms with Gasteiger partial charge < -0.3 is 4.74 Å². The van der Waals surface area contributed by atoms with E-state index in [-0.39, 0.29) is 11.4 Å². The first-order chi connectivity index (χ1) is 10.7. The van der Waals surface area contributed by atoms with Crippen LogP contribution in [0.2, 0.25) is 0 Å². The topological polar surface area (TPSA) is 55.7 Å². The molecule has 4 saturated carbocycles. The first kappa shape index (κ1) is 13.9. The van der Waals surface area contributed by atoms with Crippen molar-refractivity contribution in [3.63, 3.8) is 0 Å². The number of carbonyl (C=O) groups excluding carboxylic acids is 1. The molecule has 0 spiro atoms. The predicted molar refractivity (Wildman–Crippen MR) is 82.8 cm³/mol. The van der Waals surface area contributed by atoms with Gasteiger partial charge in [-0.05, 0) is 85.7 Å². The van der Waals surface area contributed by atoms with Crippen LogP contribution in [0.5, 0.6) is 0 Å². The Morgan fingerprint density at radius 1 is 1.05 bits per heavy atom.